The van der Waals surface area contributed by atoms with Crippen molar-refractivity contribution in [3.8, 4) is 11.8 Å². The molecule has 0 aliphatic carbocycles. The molecule has 1 heterocycles. The highest BCUT2D eigenvalue weighted by atomic mass is 16.3. The second kappa shape index (κ2) is 12.3. The van der Waals surface area contributed by atoms with Crippen LogP contribution in [0.5, 0.6) is 0 Å². The van der Waals surface area contributed by atoms with E-state index in [9.17, 15) is 9.59 Å². The number of rotatable bonds is 10. The molecule has 0 aliphatic rings. The fourth-order valence-electron chi connectivity index (χ4n) is 2.29. The SMILES string of the molecule is CCCCCCCCC#Cc1cn(CC=C(CO)CO)c(=O)[nH]c1=O. The lowest BCUT2D eigenvalue weighted by Crippen LogP contribution is -2.30. The maximum atomic E-state index is 11.8. The van der Waals surface area contributed by atoms with E-state index in [0.717, 1.165) is 19.3 Å². The average molecular weight is 348 g/mol. The zero-order valence-corrected chi connectivity index (χ0v) is 14.9. The summed E-state index contributed by atoms with van der Waals surface area (Å²) in [6, 6.07) is 0. The van der Waals surface area contributed by atoms with Gasteiger partial charge in [0, 0.05) is 19.2 Å². The summed E-state index contributed by atoms with van der Waals surface area (Å²) in [5, 5.41) is 18.0. The number of nitrogens with one attached hydrogen (secondary N) is 1. The number of aromatic nitrogens is 2. The predicted molar refractivity (Wildman–Crippen MR) is 98.4 cm³/mol. The second-order valence-corrected chi connectivity index (χ2v) is 5.95. The monoisotopic (exact) mass is 348 g/mol. The first-order valence-electron chi connectivity index (χ1n) is 8.84. The Bertz CT molecular complexity index is 713. The maximum Gasteiger partial charge on any atom is 0.328 e. The van der Waals surface area contributed by atoms with Crippen LogP contribution in [0.3, 0.4) is 0 Å². The molecule has 1 aromatic heterocycles. The van der Waals surface area contributed by atoms with Gasteiger partial charge in [0.2, 0.25) is 0 Å². The van der Waals surface area contributed by atoms with Gasteiger partial charge >= 0.3 is 5.69 Å². The van der Waals surface area contributed by atoms with Crippen LogP contribution in [0.2, 0.25) is 0 Å². The first kappa shape index (κ1) is 20.9. The Kier molecular flexibility index (Phi) is 10.3. The van der Waals surface area contributed by atoms with E-state index in [2.05, 4.69) is 23.7 Å². The van der Waals surface area contributed by atoms with Crippen molar-refractivity contribution in [1.82, 2.24) is 9.55 Å². The lowest BCUT2D eigenvalue weighted by molar-refractivity contribution is 0.275. The summed E-state index contributed by atoms with van der Waals surface area (Å²) in [6.45, 7) is 1.78. The molecular formula is C19H28N2O4. The number of H-pyrrole nitrogens is 1. The Morgan fingerprint density at radius 3 is 2.52 bits per heavy atom. The van der Waals surface area contributed by atoms with Gasteiger partial charge in [0.15, 0.2) is 0 Å². The third-order valence-electron chi connectivity index (χ3n) is 3.87. The smallest absolute Gasteiger partial charge is 0.328 e. The van der Waals surface area contributed by atoms with E-state index >= 15 is 0 Å². The number of aromatic amines is 1. The summed E-state index contributed by atoms with van der Waals surface area (Å²) in [7, 11) is 0. The first-order chi connectivity index (χ1) is 12.1. The second-order valence-electron chi connectivity index (χ2n) is 5.95. The van der Waals surface area contributed by atoms with Crippen LogP contribution in [0.4, 0.5) is 0 Å². The third-order valence-corrected chi connectivity index (χ3v) is 3.87. The van der Waals surface area contributed by atoms with Gasteiger partial charge in [0.25, 0.3) is 5.56 Å². The van der Waals surface area contributed by atoms with E-state index in [0.29, 0.717) is 5.57 Å². The van der Waals surface area contributed by atoms with Gasteiger partial charge in [0.05, 0.1) is 13.2 Å². The van der Waals surface area contributed by atoms with Crippen LogP contribution in [-0.4, -0.2) is 33.0 Å². The summed E-state index contributed by atoms with van der Waals surface area (Å²) in [4.78, 5) is 25.8. The minimum absolute atomic E-state index is 0.151. The number of hydrogen-bond acceptors (Lipinski definition) is 4. The van der Waals surface area contributed by atoms with E-state index in [4.69, 9.17) is 10.2 Å². The van der Waals surface area contributed by atoms with Crippen LogP contribution in [0, 0.1) is 11.8 Å². The quantitative estimate of drug-likeness (QED) is 0.340. The van der Waals surface area contributed by atoms with Gasteiger partial charge in [-0.25, -0.2) is 4.79 Å². The molecule has 0 fully saturated rings. The van der Waals surface area contributed by atoms with Crippen LogP contribution in [-0.2, 0) is 6.54 Å². The Balaban J connectivity index is 2.67. The number of allylic oxidation sites excluding steroid dienone is 1. The summed E-state index contributed by atoms with van der Waals surface area (Å²) in [6.07, 6.45) is 10.8. The zero-order chi connectivity index (χ0) is 18.5. The molecule has 6 heteroatoms. The molecule has 0 saturated carbocycles. The molecule has 0 amide bonds. The van der Waals surface area contributed by atoms with Crippen molar-refractivity contribution in [2.24, 2.45) is 0 Å². The molecule has 0 unspecified atom stereocenters. The number of unbranched alkanes of at least 4 members (excludes halogenated alkanes) is 6. The largest absolute Gasteiger partial charge is 0.392 e. The molecule has 0 saturated heterocycles. The van der Waals surface area contributed by atoms with E-state index in [1.807, 2.05) is 0 Å². The van der Waals surface area contributed by atoms with Gasteiger partial charge in [-0.3, -0.25) is 14.3 Å². The van der Waals surface area contributed by atoms with E-state index in [-0.39, 0.29) is 25.3 Å². The van der Waals surface area contributed by atoms with Crippen molar-refractivity contribution in [2.45, 2.75) is 58.4 Å². The topological polar surface area (TPSA) is 95.3 Å². The highest BCUT2D eigenvalue weighted by Crippen LogP contribution is 2.06. The van der Waals surface area contributed by atoms with Crippen LogP contribution < -0.4 is 11.2 Å². The molecule has 0 aliphatic heterocycles. The molecular weight excluding hydrogens is 320 g/mol. The number of hydrogen-bond donors (Lipinski definition) is 3. The Labute approximate surface area is 148 Å². The highest BCUT2D eigenvalue weighted by Gasteiger charge is 2.02. The first-order valence-corrected chi connectivity index (χ1v) is 8.84. The third kappa shape index (κ3) is 8.01. The molecule has 3 N–H and O–H groups in total. The van der Waals surface area contributed by atoms with E-state index in [1.54, 1.807) is 6.08 Å². The molecule has 25 heavy (non-hydrogen) atoms. The molecule has 0 radical (unpaired) electrons. The van der Waals surface area contributed by atoms with E-state index in [1.165, 1.54) is 36.4 Å². The van der Waals surface area contributed by atoms with Gasteiger partial charge in [-0.15, -0.1) is 0 Å². The lowest BCUT2D eigenvalue weighted by Gasteiger charge is -2.03. The molecule has 0 aromatic carbocycles. The summed E-state index contributed by atoms with van der Waals surface area (Å²) < 4.78 is 1.29. The zero-order valence-electron chi connectivity index (χ0n) is 14.9. The molecule has 1 rings (SSSR count). The van der Waals surface area contributed by atoms with E-state index < -0.39 is 11.2 Å². The normalized spacial score (nSPS) is 10.2. The highest BCUT2D eigenvalue weighted by molar-refractivity contribution is 5.29. The van der Waals surface area contributed by atoms with Gasteiger partial charge in [-0.1, -0.05) is 56.9 Å². The Morgan fingerprint density at radius 1 is 1.16 bits per heavy atom. The number of nitrogens with zero attached hydrogens (tertiary/aromatic N) is 1. The maximum absolute atomic E-state index is 11.8. The fourth-order valence-corrected chi connectivity index (χ4v) is 2.29. The molecule has 0 spiro atoms. The Hall–Kier alpha value is -2.10. The Morgan fingerprint density at radius 2 is 1.84 bits per heavy atom. The van der Waals surface area contributed by atoms with Crippen molar-refractivity contribution >= 4 is 0 Å². The standard InChI is InChI=1S/C19H28N2O4/c1-2-3-4-5-6-7-8-9-10-17-13-21(19(25)20-18(17)24)12-11-16(14-22)15-23/h11,13,22-23H,2-8,12,14-15H2,1H3,(H,20,24,25). The predicted octanol–water partition coefficient (Wildman–Crippen LogP) is 1.55. The minimum Gasteiger partial charge on any atom is -0.392 e. The van der Waals surface area contributed by atoms with Crippen molar-refractivity contribution in [3.05, 3.63) is 44.2 Å². The average Bonchev–Trinajstić information content (AvgIpc) is 2.61. The van der Waals surface area contributed by atoms with Crippen molar-refractivity contribution in [3.63, 3.8) is 0 Å². The summed E-state index contributed by atoms with van der Waals surface area (Å²) in [5.41, 5.74) is -0.384. The molecule has 1 aromatic rings. The molecule has 6 nitrogen and oxygen atoms in total. The van der Waals surface area contributed by atoms with Crippen LogP contribution in [0.25, 0.3) is 0 Å². The minimum atomic E-state index is -0.544. The van der Waals surface area contributed by atoms with Gasteiger partial charge in [-0.05, 0) is 12.0 Å². The molecule has 138 valence electrons. The number of aliphatic hydroxyl groups is 2. The lowest BCUT2D eigenvalue weighted by atomic mass is 10.1. The van der Waals surface area contributed by atoms with Gasteiger partial charge in [0.1, 0.15) is 5.56 Å². The van der Waals surface area contributed by atoms with Crippen molar-refractivity contribution < 1.29 is 10.2 Å². The van der Waals surface area contributed by atoms with Crippen LogP contribution in [0.15, 0.2) is 27.4 Å². The van der Waals surface area contributed by atoms with Crippen molar-refractivity contribution in [1.29, 1.82) is 0 Å². The summed E-state index contributed by atoms with van der Waals surface area (Å²) >= 11 is 0. The molecule has 0 atom stereocenters. The number of aliphatic hydroxyl groups excluding tert-OH is 2. The molecule has 0 bridgehead atoms. The summed E-state index contributed by atoms with van der Waals surface area (Å²) in [5.74, 6) is 5.81. The van der Waals surface area contributed by atoms with Crippen LogP contribution in [0.1, 0.15) is 57.4 Å². The van der Waals surface area contributed by atoms with Crippen LogP contribution >= 0.6 is 0 Å². The van der Waals surface area contributed by atoms with Crippen molar-refractivity contribution in [2.75, 3.05) is 13.2 Å². The van der Waals surface area contributed by atoms with Gasteiger partial charge < -0.3 is 10.2 Å². The van der Waals surface area contributed by atoms with Gasteiger partial charge in [-0.2, -0.15) is 0 Å². The fraction of sp³-hybridized carbons (Fsp3) is 0.579.